The van der Waals surface area contributed by atoms with E-state index >= 15 is 0 Å². The van der Waals surface area contributed by atoms with Crippen molar-refractivity contribution in [2.24, 2.45) is 5.73 Å². The number of carbonyl (C=O) groups excluding carboxylic acids is 1. The maximum Gasteiger partial charge on any atom is 0.243 e. The van der Waals surface area contributed by atoms with Crippen LogP contribution in [0.5, 0.6) is 0 Å². The van der Waals surface area contributed by atoms with E-state index in [1.165, 1.54) is 11.2 Å². The van der Waals surface area contributed by atoms with E-state index in [-0.39, 0.29) is 18.0 Å². The van der Waals surface area contributed by atoms with Gasteiger partial charge in [-0.15, -0.1) is 0 Å². The van der Waals surface area contributed by atoms with Crippen molar-refractivity contribution in [1.29, 1.82) is 0 Å². The quantitative estimate of drug-likeness (QED) is 0.876. The summed E-state index contributed by atoms with van der Waals surface area (Å²) in [4.78, 5) is 13.8. The average Bonchev–Trinajstić information content (AvgIpc) is 2.82. The van der Waals surface area contributed by atoms with Gasteiger partial charge in [0.1, 0.15) is 0 Å². The maximum atomic E-state index is 12.8. The third-order valence-electron chi connectivity index (χ3n) is 4.66. The minimum Gasteiger partial charge on any atom is -0.327 e. The summed E-state index contributed by atoms with van der Waals surface area (Å²) < 4.78 is 27.1. The molecule has 0 spiro atoms. The van der Waals surface area contributed by atoms with Crippen molar-refractivity contribution in [3.63, 3.8) is 0 Å². The average molecular weight is 337 g/mol. The van der Waals surface area contributed by atoms with Crippen molar-refractivity contribution in [3.8, 4) is 0 Å². The summed E-state index contributed by atoms with van der Waals surface area (Å²) in [7, 11) is -3.52. The van der Waals surface area contributed by atoms with Crippen LogP contribution in [0.2, 0.25) is 0 Å². The van der Waals surface area contributed by atoms with Crippen molar-refractivity contribution < 1.29 is 13.2 Å². The van der Waals surface area contributed by atoms with Crippen LogP contribution < -0.4 is 10.6 Å². The number of nitrogens with two attached hydrogens (primary N) is 1. The lowest BCUT2D eigenvalue weighted by molar-refractivity contribution is -0.116. The van der Waals surface area contributed by atoms with Gasteiger partial charge in [-0.1, -0.05) is 0 Å². The number of hydrogen-bond acceptors (Lipinski definition) is 4. The third kappa shape index (κ3) is 2.88. The number of rotatable bonds is 2. The molecule has 0 aliphatic carbocycles. The molecule has 1 amide bonds. The van der Waals surface area contributed by atoms with Gasteiger partial charge in [0, 0.05) is 37.8 Å². The number of anilines is 1. The summed E-state index contributed by atoms with van der Waals surface area (Å²) in [6.45, 7) is 4.39. The second-order valence-electron chi connectivity index (χ2n) is 6.50. The monoisotopic (exact) mass is 337 g/mol. The molecule has 1 fully saturated rings. The third-order valence-corrected chi connectivity index (χ3v) is 6.53. The van der Waals surface area contributed by atoms with Crippen molar-refractivity contribution in [2.45, 2.75) is 50.1 Å². The molecule has 0 saturated carbocycles. The Morgan fingerprint density at radius 3 is 2.74 bits per heavy atom. The molecule has 0 aromatic heterocycles. The summed E-state index contributed by atoms with van der Waals surface area (Å²) in [6, 6.07) is 5.02. The molecule has 126 valence electrons. The minimum atomic E-state index is -3.52. The molecule has 3 rings (SSSR count). The summed E-state index contributed by atoms with van der Waals surface area (Å²) >= 11 is 0. The van der Waals surface area contributed by atoms with E-state index in [2.05, 4.69) is 0 Å². The van der Waals surface area contributed by atoms with Crippen LogP contribution in [0.3, 0.4) is 0 Å². The number of fused-ring (bicyclic) bond motifs is 1. The fourth-order valence-corrected chi connectivity index (χ4v) is 5.18. The Morgan fingerprint density at radius 1 is 1.35 bits per heavy atom. The largest absolute Gasteiger partial charge is 0.327 e. The van der Waals surface area contributed by atoms with Gasteiger partial charge in [0.05, 0.1) is 4.90 Å². The van der Waals surface area contributed by atoms with Crippen molar-refractivity contribution >= 4 is 21.6 Å². The highest BCUT2D eigenvalue weighted by Crippen LogP contribution is 2.34. The number of amides is 1. The second-order valence-corrected chi connectivity index (χ2v) is 8.44. The van der Waals surface area contributed by atoms with E-state index in [4.69, 9.17) is 5.73 Å². The zero-order valence-electron chi connectivity index (χ0n) is 13.5. The van der Waals surface area contributed by atoms with Gasteiger partial charge in [0.25, 0.3) is 0 Å². The molecule has 2 heterocycles. The molecular formula is C16H23N3O3S. The first-order valence-corrected chi connectivity index (χ1v) is 9.43. The molecule has 2 atom stereocenters. The second kappa shape index (κ2) is 5.89. The first kappa shape index (κ1) is 16.4. The van der Waals surface area contributed by atoms with Gasteiger partial charge in [-0.2, -0.15) is 4.31 Å². The Kier molecular flexibility index (Phi) is 4.20. The van der Waals surface area contributed by atoms with E-state index in [9.17, 15) is 13.2 Å². The van der Waals surface area contributed by atoms with E-state index in [1.807, 2.05) is 6.92 Å². The zero-order chi connectivity index (χ0) is 16.8. The lowest BCUT2D eigenvalue weighted by atomic mass is 10.1. The smallest absolute Gasteiger partial charge is 0.243 e. The molecule has 0 radical (unpaired) electrons. The minimum absolute atomic E-state index is 0.0196. The molecule has 23 heavy (non-hydrogen) atoms. The molecule has 0 bridgehead atoms. The Hall–Kier alpha value is -1.44. The number of benzene rings is 1. The normalized spacial score (nSPS) is 25.4. The predicted octanol–water partition coefficient (Wildman–Crippen LogP) is 1.10. The van der Waals surface area contributed by atoms with Crippen molar-refractivity contribution in [1.82, 2.24) is 4.31 Å². The van der Waals surface area contributed by atoms with Crippen LogP contribution in [0, 0.1) is 0 Å². The molecule has 1 aromatic rings. The highest BCUT2D eigenvalue weighted by Gasteiger charge is 2.33. The molecule has 6 nitrogen and oxygen atoms in total. The number of sulfonamides is 1. The predicted molar refractivity (Wildman–Crippen MR) is 88.7 cm³/mol. The van der Waals surface area contributed by atoms with Crippen LogP contribution in [-0.4, -0.2) is 43.8 Å². The zero-order valence-corrected chi connectivity index (χ0v) is 14.3. The van der Waals surface area contributed by atoms with E-state index < -0.39 is 10.0 Å². The van der Waals surface area contributed by atoms with Crippen LogP contribution in [0.4, 0.5) is 5.69 Å². The fraction of sp³-hybridized carbons (Fsp3) is 0.562. The number of carbonyl (C=O) groups is 1. The number of piperidine rings is 1. The Morgan fingerprint density at radius 2 is 2.09 bits per heavy atom. The van der Waals surface area contributed by atoms with E-state index in [1.54, 1.807) is 23.1 Å². The molecule has 1 saturated heterocycles. The van der Waals surface area contributed by atoms with Crippen LogP contribution in [0.15, 0.2) is 23.1 Å². The van der Waals surface area contributed by atoms with E-state index in [0.717, 1.165) is 24.1 Å². The lowest BCUT2D eigenvalue weighted by Crippen LogP contribution is -2.45. The first-order valence-electron chi connectivity index (χ1n) is 7.99. The highest BCUT2D eigenvalue weighted by atomic mass is 32.2. The first-order chi connectivity index (χ1) is 10.8. The van der Waals surface area contributed by atoms with Crippen LogP contribution in [0.25, 0.3) is 0 Å². The SMILES string of the molecule is CC(=O)N1c2ccc(S(=O)(=O)N3CCCC(N)C3)cc2CC1C. The van der Waals surface area contributed by atoms with Crippen molar-refractivity contribution in [3.05, 3.63) is 23.8 Å². The molecule has 7 heteroatoms. The maximum absolute atomic E-state index is 12.8. The molecule has 2 aliphatic heterocycles. The lowest BCUT2D eigenvalue weighted by Gasteiger charge is -2.30. The van der Waals surface area contributed by atoms with Gasteiger partial charge < -0.3 is 10.6 Å². The van der Waals surface area contributed by atoms with Crippen LogP contribution in [-0.2, 0) is 21.2 Å². The summed E-state index contributed by atoms with van der Waals surface area (Å²) in [6.07, 6.45) is 2.33. The molecule has 1 aromatic carbocycles. The highest BCUT2D eigenvalue weighted by molar-refractivity contribution is 7.89. The van der Waals surface area contributed by atoms with Gasteiger partial charge in [-0.05, 0) is 49.9 Å². The Labute approximate surface area is 137 Å². The van der Waals surface area contributed by atoms with Gasteiger partial charge in [-0.25, -0.2) is 8.42 Å². The van der Waals surface area contributed by atoms with Gasteiger partial charge in [0.15, 0.2) is 0 Å². The van der Waals surface area contributed by atoms with Gasteiger partial charge in [0.2, 0.25) is 15.9 Å². The van der Waals surface area contributed by atoms with Crippen LogP contribution in [0.1, 0.15) is 32.3 Å². The standard InChI is InChI=1S/C16H23N3O3S/c1-11-8-13-9-15(5-6-16(13)19(11)12(2)20)23(21,22)18-7-3-4-14(17)10-18/h5-6,9,11,14H,3-4,7-8,10,17H2,1-2H3. The summed E-state index contributed by atoms with van der Waals surface area (Å²) in [5.41, 5.74) is 7.64. The fourth-order valence-electron chi connectivity index (χ4n) is 3.59. The Balaban J connectivity index is 1.94. The van der Waals surface area contributed by atoms with Crippen molar-refractivity contribution in [2.75, 3.05) is 18.0 Å². The van der Waals surface area contributed by atoms with Crippen LogP contribution >= 0.6 is 0 Å². The number of nitrogens with zero attached hydrogens (tertiary/aromatic N) is 2. The molecule has 2 N–H and O–H groups in total. The van der Waals surface area contributed by atoms with Gasteiger partial charge in [-0.3, -0.25) is 4.79 Å². The molecular weight excluding hydrogens is 314 g/mol. The Bertz CT molecular complexity index is 732. The molecule has 2 unspecified atom stereocenters. The summed E-state index contributed by atoms with van der Waals surface area (Å²) in [5, 5.41) is 0. The topological polar surface area (TPSA) is 83.7 Å². The molecule has 2 aliphatic rings. The number of hydrogen-bond donors (Lipinski definition) is 1. The van der Waals surface area contributed by atoms with Gasteiger partial charge >= 0.3 is 0 Å². The summed E-state index contributed by atoms with van der Waals surface area (Å²) in [5.74, 6) is -0.0196. The van der Waals surface area contributed by atoms with E-state index in [0.29, 0.717) is 24.4 Å².